The van der Waals surface area contributed by atoms with E-state index in [-0.39, 0.29) is 0 Å². The molecule has 0 saturated carbocycles. The maximum absolute atomic E-state index is 5.17. The zero-order valence-corrected chi connectivity index (χ0v) is 13.0. The van der Waals surface area contributed by atoms with Gasteiger partial charge in [0.1, 0.15) is 0 Å². The van der Waals surface area contributed by atoms with Gasteiger partial charge in [0.15, 0.2) is 0 Å². The molecule has 2 rings (SSSR count). The first-order valence-electron chi connectivity index (χ1n) is 7.60. The molecule has 0 aliphatic carbocycles. The highest BCUT2D eigenvalue weighted by molar-refractivity contribution is 5.29. The van der Waals surface area contributed by atoms with Gasteiger partial charge in [0.05, 0.1) is 0 Å². The number of fused-ring (bicyclic) bond motifs is 1. The van der Waals surface area contributed by atoms with Crippen molar-refractivity contribution in [3.63, 3.8) is 0 Å². The van der Waals surface area contributed by atoms with E-state index < -0.39 is 0 Å². The molecule has 0 saturated heterocycles. The largest absolute Gasteiger partial charge is 0.385 e. The third kappa shape index (κ3) is 4.58. The molecule has 0 aromatic heterocycles. The van der Waals surface area contributed by atoms with Gasteiger partial charge in [0.25, 0.3) is 0 Å². The highest BCUT2D eigenvalue weighted by Crippen LogP contribution is 2.19. The summed E-state index contributed by atoms with van der Waals surface area (Å²) in [6.45, 7) is 8.49. The lowest BCUT2D eigenvalue weighted by Gasteiger charge is -2.29. The minimum atomic E-state index is 0.294. The predicted octanol–water partition coefficient (Wildman–Crippen LogP) is 2.35. The van der Waals surface area contributed by atoms with Gasteiger partial charge in [-0.1, -0.05) is 38.1 Å². The number of nitrogens with one attached hydrogen (secondary N) is 2. The topological polar surface area (TPSA) is 33.3 Å². The van der Waals surface area contributed by atoms with Gasteiger partial charge in [-0.3, -0.25) is 0 Å². The molecule has 0 bridgehead atoms. The predicted molar refractivity (Wildman–Crippen MR) is 83.9 cm³/mol. The number of hydrogen-bond donors (Lipinski definition) is 2. The van der Waals surface area contributed by atoms with Crippen molar-refractivity contribution in [1.82, 2.24) is 10.6 Å². The van der Waals surface area contributed by atoms with Gasteiger partial charge < -0.3 is 15.4 Å². The molecular formula is C17H28N2O. The first-order valence-corrected chi connectivity index (χ1v) is 7.60. The molecule has 0 fully saturated rings. The van der Waals surface area contributed by atoms with Crippen LogP contribution in [0.3, 0.4) is 0 Å². The molecule has 3 nitrogen and oxygen atoms in total. The number of methoxy groups -OCH3 is 1. The van der Waals surface area contributed by atoms with Crippen molar-refractivity contribution >= 4 is 0 Å². The molecule has 1 atom stereocenters. The Morgan fingerprint density at radius 1 is 1.30 bits per heavy atom. The van der Waals surface area contributed by atoms with E-state index in [1.807, 2.05) is 0 Å². The number of ether oxygens (including phenoxy) is 1. The van der Waals surface area contributed by atoms with E-state index in [1.165, 1.54) is 11.1 Å². The fourth-order valence-corrected chi connectivity index (χ4v) is 2.72. The van der Waals surface area contributed by atoms with Gasteiger partial charge >= 0.3 is 0 Å². The maximum atomic E-state index is 5.17. The fourth-order valence-electron chi connectivity index (χ4n) is 2.72. The van der Waals surface area contributed by atoms with Crippen molar-refractivity contribution in [2.75, 3.05) is 26.8 Å². The Balaban J connectivity index is 1.73. The van der Waals surface area contributed by atoms with Crippen molar-refractivity contribution in [2.45, 2.75) is 39.3 Å². The molecule has 0 spiro atoms. The first-order chi connectivity index (χ1) is 9.61. The SMILES string of the molecule is COCCC(C)(C)CNCC1Cc2ccccc2CN1. The summed E-state index contributed by atoms with van der Waals surface area (Å²) in [6.07, 6.45) is 2.22. The molecule has 3 heteroatoms. The van der Waals surface area contributed by atoms with Crippen LogP contribution in [0.25, 0.3) is 0 Å². The number of benzene rings is 1. The molecule has 20 heavy (non-hydrogen) atoms. The Kier molecular flexibility index (Phi) is 5.58. The molecule has 1 heterocycles. The van der Waals surface area contributed by atoms with Crippen LogP contribution in [0, 0.1) is 5.41 Å². The van der Waals surface area contributed by atoms with Gasteiger partial charge in [-0.25, -0.2) is 0 Å². The van der Waals surface area contributed by atoms with Gasteiger partial charge in [-0.05, 0) is 29.4 Å². The third-order valence-electron chi connectivity index (χ3n) is 4.14. The minimum Gasteiger partial charge on any atom is -0.385 e. The van der Waals surface area contributed by atoms with Crippen molar-refractivity contribution in [3.05, 3.63) is 35.4 Å². The summed E-state index contributed by atoms with van der Waals surface area (Å²) < 4.78 is 5.17. The van der Waals surface area contributed by atoms with Crippen LogP contribution in [0.2, 0.25) is 0 Å². The summed E-state index contributed by atoms with van der Waals surface area (Å²) in [5.41, 5.74) is 3.24. The van der Waals surface area contributed by atoms with Gasteiger partial charge in [0, 0.05) is 39.4 Å². The maximum Gasteiger partial charge on any atom is 0.0467 e. The van der Waals surface area contributed by atoms with Gasteiger partial charge in [-0.2, -0.15) is 0 Å². The highest BCUT2D eigenvalue weighted by Gasteiger charge is 2.20. The molecular weight excluding hydrogens is 248 g/mol. The van der Waals surface area contributed by atoms with Crippen LogP contribution in [0.1, 0.15) is 31.4 Å². The Morgan fingerprint density at radius 2 is 2.05 bits per heavy atom. The van der Waals surface area contributed by atoms with Crippen LogP contribution in [-0.2, 0) is 17.7 Å². The van der Waals surface area contributed by atoms with E-state index in [0.717, 1.165) is 39.1 Å². The summed E-state index contributed by atoms with van der Waals surface area (Å²) in [4.78, 5) is 0. The average Bonchev–Trinajstić information content (AvgIpc) is 2.45. The molecule has 1 aliphatic rings. The molecule has 1 aromatic carbocycles. The fraction of sp³-hybridized carbons (Fsp3) is 0.647. The second-order valence-electron chi connectivity index (χ2n) is 6.59. The lowest BCUT2D eigenvalue weighted by molar-refractivity contribution is 0.150. The molecule has 1 aliphatic heterocycles. The second kappa shape index (κ2) is 7.21. The first kappa shape index (κ1) is 15.5. The summed E-state index contributed by atoms with van der Waals surface area (Å²) in [7, 11) is 1.77. The van der Waals surface area contributed by atoms with E-state index in [9.17, 15) is 0 Å². The van der Waals surface area contributed by atoms with E-state index >= 15 is 0 Å². The smallest absolute Gasteiger partial charge is 0.0467 e. The summed E-state index contributed by atoms with van der Waals surface area (Å²) >= 11 is 0. The molecule has 0 radical (unpaired) electrons. The molecule has 1 unspecified atom stereocenters. The Hall–Kier alpha value is -0.900. The molecule has 0 amide bonds. The van der Waals surface area contributed by atoms with Crippen LogP contribution >= 0.6 is 0 Å². The Labute approximate surface area is 123 Å². The standard InChI is InChI=1S/C17H28N2O/c1-17(2,8-9-20-3)13-18-12-16-10-14-6-4-5-7-15(14)11-19-16/h4-7,16,18-19H,8-13H2,1-3H3. The zero-order valence-electron chi connectivity index (χ0n) is 13.0. The molecule has 1 aromatic rings. The van der Waals surface area contributed by atoms with Crippen molar-refractivity contribution in [2.24, 2.45) is 5.41 Å². The van der Waals surface area contributed by atoms with Gasteiger partial charge in [-0.15, -0.1) is 0 Å². The average molecular weight is 276 g/mol. The Morgan fingerprint density at radius 3 is 2.80 bits per heavy atom. The monoisotopic (exact) mass is 276 g/mol. The lowest BCUT2D eigenvalue weighted by Crippen LogP contribution is -2.45. The number of hydrogen-bond acceptors (Lipinski definition) is 3. The minimum absolute atomic E-state index is 0.294. The van der Waals surface area contributed by atoms with E-state index in [1.54, 1.807) is 7.11 Å². The summed E-state index contributed by atoms with van der Waals surface area (Å²) in [5.74, 6) is 0. The highest BCUT2D eigenvalue weighted by atomic mass is 16.5. The van der Waals surface area contributed by atoms with Gasteiger partial charge in [0.2, 0.25) is 0 Å². The van der Waals surface area contributed by atoms with Crippen LogP contribution in [0.5, 0.6) is 0 Å². The van der Waals surface area contributed by atoms with E-state index in [4.69, 9.17) is 4.74 Å². The lowest BCUT2D eigenvalue weighted by atomic mass is 9.89. The van der Waals surface area contributed by atoms with Crippen molar-refractivity contribution in [1.29, 1.82) is 0 Å². The van der Waals surface area contributed by atoms with Crippen LogP contribution in [0.15, 0.2) is 24.3 Å². The van der Waals surface area contributed by atoms with Crippen LogP contribution in [0.4, 0.5) is 0 Å². The quantitative estimate of drug-likeness (QED) is 0.802. The third-order valence-corrected chi connectivity index (χ3v) is 4.14. The Bertz CT molecular complexity index is 417. The second-order valence-corrected chi connectivity index (χ2v) is 6.59. The van der Waals surface area contributed by atoms with Crippen molar-refractivity contribution in [3.8, 4) is 0 Å². The summed E-state index contributed by atoms with van der Waals surface area (Å²) in [5, 5.41) is 7.23. The molecule has 2 N–H and O–H groups in total. The molecule has 112 valence electrons. The van der Waals surface area contributed by atoms with Crippen molar-refractivity contribution < 1.29 is 4.74 Å². The van der Waals surface area contributed by atoms with Crippen LogP contribution < -0.4 is 10.6 Å². The zero-order chi connectivity index (χ0) is 14.4. The number of rotatable bonds is 7. The normalized spacial score (nSPS) is 18.9. The summed E-state index contributed by atoms with van der Waals surface area (Å²) in [6, 6.07) is 9.29. The van der Waals surface area contributed by atoms with Crippen LogP contribution in [-0.4, -0.2) is 32.8 Å². The van der Waals surface area contributed by atoms with E-state index in [0.29, 0.717) is 11.5 Å². The van der Waals surface area contributed by atoms with E-state index in [2.05, 4.69) is 48.7 Å².